The van der Waals surface area contributed by atoms with Gasteiger partial charge in [0.2, 0.25) is 0 Å². The number of rotatable bonds is 7. The first-order chi connectivity index (χ1) is 14.2. The lowest BCUT2D eigenvalue weighted by molar-refractivity contribution is -0.127. The molecule has 6 heteroatoms. The van der Waals surface area contributed by atoms with Gasteiger partial charge in [-0.15, -0.1) is 0 Å². The van der Waals surface area contributed by atoms with E-state index in [9.17, 15) is 4.79 Å². The number of para-hydroxylation sites is 1. The average Bonchev–Trinajstić information content (AvgIpc) is 3.43. The molecule has 1 atom stereocenters. The van der Waals surface area contributed by atoms with Crippen molar-refractivity contribution in [3.8, 4) is 17.0 Å². The van der Waals surface area contributed by atoms with Gasteiger partial charge < -0.3 is 10.1 Å². The van der Waals surface area contributed by atoms with E-state index < -0.39 is 6.10 Å². The highest BCUT2D eigenvalue weighted by atomic mass is 16.5. The van der Waals surface area contributed by atoms with Crippen molar-refractivity contribution in [1.29, 1.82) is 0 Å². The zero-order valence-electron chi connectivity index (χ0n) is 16.6. The molecule has 0 unspecified atom stereocenters. The van der Waals surface area contributed by atoms with Crippen molar-refractivity contribution in [2.75, 3.05) is 0 Å². The summed E-state index contributed by atoms with van der Waals surface area (Å²) in [5, 5.41) is 7.77. The van der Waals surface area contributed by atoms with Crippen molar-refractivity contribution in [3.05, 3.63) is 66.6 Å². The van der Waals surface area contributed by atoms with E-state index in [4.69, 9.17) is 9.84 Å². The zero-order valence-corrected chi connectivity index (χ0v) is 16.6. The summed E-state index contributed by atoms with van der Waals surface area (Å²) in [4.78, 5) is 16.6. The highest BCUT2D eigenvalue weighted by molar-refractivity contribution is 5.80. The Kier molecular flexibility index (Phi) is 5.89. The minimum Gasteiger partial charge on any atom is -0.481 e. The molecule has 1 aliphatic rings. The van der Waals surface area contributed by atoms with E-state index in [1.54, 1.807) is 19.3 Å². The average molecular weight is 390 g/mol. The lowest BCUT2D eigenvalue weighted by atomic mass is 10.1. The van der Waals surface area contributed by atoms with Crippen LogP contribution in [0.5, 0.6) is 5.75 Å². The Morgan fingerprint density at radius 3 is 2.62 bits per heavy atom. The van der Waals surface area contributed by atoms with Gasteiger partial charge in [0.05, 0.1) is 24.0 Å². The molecule has 1 N–H and O–H groups in total. The van der Waals surface area contributed by atoms with Crippen LogP contribution in [0.2, 0.25) is 0 Å². The predicted molar refractivity (Wildman–Crippen MR) is 111 cm³/mol. The number of carbonyl (C=O) groups is 1. The van der Waals surface area contributed by atoms with Crippen molar-refractivity contribution in [3.63, 3.8) is 0 Å². The smallest absolute Gasteiger partial charge is 0.261 e. The van der Waals surface area contributed by atoms with Gasteiger partial charge in [-0.2, -0.15) is 5.10 Å². The summed E-state index contributed by atoms with van der Waals surface area (Å²) in [6, 6.07) is 15.9. The van der Waals surface area contributed by atoms with Crippen LogP contribution >= 0.6 is 0 Å². The largest absolute Gasteiger partial charge is 0.481 e. The Morgan fingerprint density at radius 2 is 1.90 bits per heavy atom. The van der Waals surface area contributed by atoms with E-state index in [0.29, 0.717) is 18.3 Å². The van der Waals surface area contributed by atoms with Gasteiger partial charge in [-0.05, 0) is 50.1 Å². The second-order valence-electron chi connectivity index (χ2n) is 7.43. The molecule has 0 aliphatic heterocycles. The SMILES string of the molecule is C[C@H](Oc1ccccc1)C(=O)NCc1cc(-c2ccncc2)n(C2CCCC2)n1. The molecule has 3 aromatic rings. The van der Waals surface area contributed by atoms with Gasteiger partial charge >= 0.3 is 0 Å². The van der Waals surface area contributed by atoms with Crippen LogP contribution in [0.1, 0.15) is 44.3 Å². The first-order valence-corrected chi connectivity index (χ1v) is 10.2. The molecule has 0 spiro atoms. The van der Waals surface area contributed by atoms with Gasteiger partial charge in [-0.25, -0.2) is 0 Å². The molecular weight excluding hydrogens is 364 g/mol. The van der Waals surface area contributed by atoms with Crippen molar-refractivity contribution >= 4 is 5.91 Å². The number of nitrogens with one attached hydrogen (secondary N) is 1. The molecular formula is C23H26N4O2. The molecule has 1 aromatic carbocycles. The third-order valence-electron chi connectivity index (χ3n) is 5.30. The Labute approximate surface area is 170 Å². The van der Waals surface area contributed by atoms with Gasteiger partial charge in [-0.3, -0.25) is 14.5 Å². The molecule has 6 nitrogen and oxygen atoms in total. The summed E-state index contributed by atoms with van der Waals surface area (Å²) in [7, 11) is 0. The fourth-order valence-corrected chi connectivity index (χ4v) is 3.78. The number of amides is 1. The molecule has 1 saturated carbocycles. The summed E-state index contributed by atoms with van der Waals surface area (Å²) >= 11 is 0. The van der Waals surface area contributed by atoms with Gasteiger partial charge in [0.25, 0.3) is 5.91 Å². The van der Waals surface area contributed by atoms with Crippen molar-refractivity contribution < 1.29 is 9.53 Å². The van der Waals surface area contributed by atoms with Crippen LogP contribution < -0.4 is 10.1 Å². The van der Waals surface area contributed by atoms with E-state index in [-0.39, 0.29) is 5.91 Å². The normalized spacial score (nSPS) is 15.2. The van der Waals surface area contributed by atoms with Crippen LogP contribution in [0, 0.1) is 0 Å². The van der Waals surface area contributed by atoms with Crippen molar-refractivity contribution in [1.82, 2.24) is 20.1 Å². The molecule has 4 rings (SSSR count). The van der Waals surface area contributed by atoms with Gasteiger partial charge in [0.1, 0.15) is 5.75 Å². The summed E-state index contributed by atoms with van der Waals surface area (Å²) in [5.74, 6) is 0.523. The molecule has 0 saturated heterocycles. The number of aromatic nitrogens is 3. The number of hydrogen-bond acceptors (Lipinski definition) is 4. The lowest BCUT2D eigenvalue weighted by Crippen LogP contribution is -2.36. The van der Waals surface area contributed by atoms with Crippen LogP contribution in [0.3, 0.4) is 0 Å². The summed E-state index contributed by atoms with van der Waals surface area (Å²) in [5.41, 5.74) is 3.03. The standard InChI is InChI=1S/C23H26N4O2/c1-17(29-21-9-3-2-4-10-21)23(28)25-16-19-15-22(18-11-13-24-14-12-18)27(26-19)20-7-5-6-8-20/h2-4,9-15,17,20H,5-8,16H2,1H3,(H,25,28)/t17-/m0/s1. The van der Waals surface area contributed by atoms with Crippen LogP contribution in [0.15, 0.2) is 60.9 Å². The number of hydrogen-bond donors (Lipinski definition) is 1. The quantitative estimate of drug-likeness (QED) is 0.658. The minimum atomic E-state index is -0.575. The Morgan fingerprint density at radius 1 is 1.17 bits per heavy atom. The maximum absolute atomic E-state index is 12.5. The summed E-state index contributed by atoms with van der Waals surface area (Å²) < 4.78 is 7.83. The van der Waals surface area contributed by atoms with Crippen LogP contribution in [-0.2, 0) is 11.3 Å². The molecule has 1 amide bonds. The molecule has 2 heterocycles. The number of benzene rings is 1. The summed E-state index contributed by atoms with van der Waals surface area (Å²) in [6.07, 6.45) is 7.79. The lowest BCUT2D eigenvalue weighted by Gasteiger charge is -2.14. The van der Waals surface area contributed by atoms with Crippen LogP contribution in [0.25, 0.3) is 11.3 Å². The number of nitrogens with zero attached hydrogens (tertiary/aromatic N) is 3. The summed E-state index contributed by atoms with van der Waals surface area (Å²) in [6.45, 7) is 2.13. The first kappa shape index (κ1) is 19.2. The Hall–Kier alpha value is -3.15. The highest BCUT2D eigenvalue weighted by Gasteiger charge is 2.22. The van der Waals surface area contributed by atoms with Gasteiger partial charge in [0.15, 0.2) is 6.10 Å². The monoisotopic (exact) mass is 390 g/mol. The third kappa shape index (κ3) is 4.65. The van der Waals surface area contributed by atoms with Crippen LogP contribution in [0.4, 0.5) is 0 Å². The van der Waals surface area contributed by atoms with E-state index in [1.807, 2.05) is 42.5 Å². The molecule has 29 heavy (non-hydrogen) atoms. The number of pyridine rings is 1. The molecule has 0 bridgehead atoms. The number of ether oxygens (including phenoxy) is 1. The van der Waals surface area contributed by atoms with E-state index >= 15 is 0 Å². The minimum absolute atomic E-state index is 0.158. The fraction of sp³-hybridized carbons (Fsp3) is 0.348. The highest BCUT2D eigenvalue weighted by Crippen LogP contribution is 2.33. The molecule has 2 aromatic heterocycles. The topological polar surface area (TPSA) is 69.0 Å². The van der Waals surface area contributed by atoms with Gasteiger partial charge in [-0.1, -0.05) is 31.0 Å². The molecule has 1 fully saturated rings. The second-order valence-corrected chi connectivity index (χ2v) is 7.43. The molecule has 1 aliphatic carbocycles. The van der Waals surface area contributed by atoms with Crippen LogP contribution in [-0.4, -0.2) is 26.8 Å². The van der Waals surface area contributed by atoms with E-state index in [2.05, 4.69) is 21.0 Å². The zero-order chi connectivity index (χ0) is 20.1. The maximum atomic E-state index is 12.5. The first-order valence-electron chi connectivity index (χ1n) is 10.2. The maximum Gasteiger partial charge on any atom is 0.261 e. The Bertz CT molecular complexity index is 934. The van der Waals surface area contributed by atoms with Crippen molar-refractivity contribution in [2.45, 2.75) is 51.3 Å². The molecule has 0 radical (unpaired) electrons. The van der Waals surface area contributed by atoms with Gasteiger partial charge in [0, 0.05) is 18.0 Å². The Balaban J connectivity index is 1.45. The van der Waals surface area contributed by atoms with E-state index in [1.165, 1.54) is 12.8 Å². The predicted octanol–water partition coefficient (Wildman–Crippen LogP) is 4.14. The fourth-order valence-electron chi connectivity index (χ4n) is 3.78. The third-order valence-corrected chi connectivity index (χ3v) is 5.30. The molecule has 150 valence electrons. The van der Waals surface area contributed by atoms with Crippen molar-refractivity contribution in [2.24, 2.45) is 0 Å². The van der Waals surface area contributed by atoms with E-state index in [0.717, 1.165) is 29.8 Å². The number of carbonyl (C=O) groups excluding carboxylic acids is 1. The second kappa shape index (κ2) is 8.90.